The smallest absolute Gasteiger partial charge is 0.253 e. The van der Waals surface area contributed by atoms with Crippen molar-refractivity contribution in [3.8, 4) is 0 Å². The molecule has 0 bridgehead atoms. The number of hydrogen-bond donors (Lipinski definition) is 2. The Hall–Kier alpha value is -1.95. The van der Waals surface area contributed by atoms with Crippen molar-refractivity contribution in [2.24, 2.45) is 0 Å². The summed E-state index contributed by atoms with van der Waals surface area (Å²) in [7, 11) is 1.74. The standard InChI is InChI=1S/C14H18FN3O2/c1-9(19)17-13-7-10(3-4-12(13)15)14(20)18(2)11-5-6-16-8-11/h3-4,7,11,16H,5-6,8H2,1-2H3,(H,17,19). The maximum Gasteiger partial charge on any atom is 0.253 e. The highest BCUT2D eigenvalue weighted by Gasteiger charge is 2.24. The lowest BCUT2D eigenvalue weighted by Gasteiger charge is -2.24. The second-order valence-corrected chi connectivity index (χ2v) is 4.94. The molecular weight excluding hydrogens is 261 g/mol. The van der Waals surface area contributed by atoms with Crippen LogP contribution in [0.4, 0.5) is 10.1 Å². The second kappa shape index (κ2) is 6.00. The number of nitrogens with one attached hydrogen (secondary N) is 2. The normalized spacial score (nSPS) is 17.9. The van der Waals surface area contributed by atoms with Gasteiger partial charge in [-0.05, 0) is 31.2 Å². The van der Waals surface area contributed by atoms with Crippen LogP contribution in [0.1, 0.15) is 23.7 Å². The molecule has 0 radical (unpaired) electrons. The highest BCUT2D eigenvalue weighted by atomic mass is 19.1. The predicted molar refractivity (Wildman–Crippen MR) is 74.1 cm³/mol. The molecule has 0 spiro atoms. The Morgan fingerprint density at radius 1 is 1.45 bits per heavy atom. The number of amides is 2. The van der Waals surface area contributed by atoms with E-state index < -0.39 is 5.82 Å². The van der Waals surface area contributed by atoms with Gasteiger partial charge in [0.2, 0.25) is 5.91 Å². The number of hydrogen-bond acceptors (Lipinski definition) is 3. The molecule has 0 aromatic heterocycles. The third-order valence-electron chi connectivity index (χ3n) is 3.43. The van der Waals surface area contributed by atoms with E-state index in [0.29, 0.717) is 5.56 Å². The van der Waals surface area contributed by atoms with Gasteiger partial charge < -0.3 is 15.5 Å². The summed E-state index contributed by atoms with van der Waals surface area (Å²) in [6, 6.07) is 4.15. The molecule has 1 fully saturated rings. The van der Waals surface area contributed by atoms with Crippen molar-refractivity contribution in [3.05, 3.63) is 29.6 Å². The molecule has 1 heterocycles. The van der Waals surface area contributed by atoms with Crippen LogP contribution in [-0.4, -0.2) is 42.9 Å². The minimum absolute atomic E-state index is 0.0290. The van der Waals surface area contributed by atoms with Crippen LogP contribution in [0.3, 0.4) is 0 Å². The van der Waals surface area contributed by atoms with Crippen molar-refractivity contribution in [3.63, 3.8) is 0 Å². The second-order valence-electron chi connectivity index (χ2n) is 4.94. The summed E-state index contributed by atoms with van der Waals surface area (Å²) in [5.74, 6) is -1.10. The number of likely N-dealkylation sites (N-methyl/N-ethyl adjacent to an activating group) is 1. The number of benzene rings is 1. The van der Waals surface area contributed by atoms with Gasteiger partial charge in [-0.3, -0.25) is 9.59 Å². The third-order valence-corrected chi connectivity index (χ3v) is 3.43. The van der Waals surface area contributed by atoms with Gasteiger partial charge in [0, 0.05) is 32.1 Å². The van der Waals surface area contributed by atoms with Crippen LogP contribution in [0.2, 0.25) is 0 Å². The van der Waals surface area contributed by atoms with Crippen LogP contribution in [0, 0.1) is 5.82 Å². The lowest BCUT2D eigenvalue weighted by Crippen LogP contribution is -2.38. The number of nitrogens with zero attached hydrogens (tertiary/aromatic N) is 1. The number of rotatable bonds is 3. The number of carbonyl (C=O) groups is 2. The molecule has 1 atom stereocenters. The molecule has 1 aromatic rings. The number of carbonyl (C=O) groups excluding carboxylic acids is 2. The van der Waals surface area contributed by atoms with E-state index in [4.69, 9.17) is 0 Å². The SMILES string of the molecule is CC(=O)Nc1cc(C(=O)N(C)C2CCNC2)ccc1F. The molecule has 6 heteroatoms. The number of anilines is 1. The quantitative estimate of drug-likeness (QED) is 0.874. The van der Waals surface area contributed by atoms with E-state index in [-0.39, 0.29) is 23.5 Å². The van der Waals surface area contributed by atoms with Gasteiger partial charge >= 0.3 is 0 Å². The van der Waals surface area contributed by atoms with Crippen molar-refractivity contribution in [2.75, 3.05) is 25.5 Å². The molecular formula is C14H18FN3O2. The first kappa shape index (κ1) is 14.5. The predicted octanol–water partition coefficient (Wildman–Crippen LogP) is 1.22. The minimum atomic E-state index is -0.554. The van der Waals surface area contributed by atoms with E-state index >= 15 is 0 Å². The van der Waals surface area contributed by atoms with Gasteiger partial charge in [0.25, 0.3) is 5.91 Å². The van der Waals surface area contributed by atoms with Crippen molar-refractivity contribution in [1.82, 2.24) is 10.2 Å². The van der Waals surface area contributed by atoms with Gasteiger partial charge in [-0.2, -0.15) is 0 Å². The highest BCUT2D eigenvalue weighted by molar-refractivity contribution is 5.97. The summed E-state index contributed by atoms with van der Waals surface area (Å²) in [5, 5.41) is 5.58. The summed E-state index contributed by atoms with van der Waals surface area (Å²) in [6.07, 6.45) is 0.905. The molecule has 0 saturated carbocycles. The van der Waals surface area contributed by atoms with Crippen molar-refractivity contribution in [1.29, 1.82) is 0 Å². The Bertz CT molecular complexity index is 527. The monoisotopic (exact) mass is 279 g/mol. The third kappa shape index (κ3) is 3.14. The summed E-state index contributed by atoms with van der Waals surface area (Å²) >= 11 is 0. The average molecular weight is 279 g/mol. The Morgan fingerprint density at radius 2 is 2.20 bits per heavy atom. The molecule has 0 aliphatic carbocycles. The van der Waals surface area contributed by atoms with Crippen LogP contribution in [0.15, 0.2) is 18.2 Å². The maximum atomic E-state index is 13.5. The lowest BCUT2D eigenvalue weighted by atomic mass is 10.1. The van der Waals surface area contributed by atoms with Crippen molar-refractivity contribution < 1.29 is 14.0 Å². The van der Waals surface area contributed by atoms with Crippen LogP contribution in [0.25, 0.3) is 0 Å². The van der Waals surface area contributed by atoms with E-state index in [0.717, 1.165) is 19.5 Å². The average Bonchev–Trinajstić information content (AvgIpc) is 2.93. The zero-order valence-corrected chi connectivity index (χ0v) is 11.6. The topological polar surface area (TPSA) is 61.4 Å². The zero-order valence-electron chi connectivity index (χ0n) is 11.6. The van der Waals surface area contributed by atoms with E-state index in [1.807, 2.05) is 0 Å². The van der Waals surface area contributed by atoms with Crippen LogP contribution in [-0.2, 0) is 4.79 Å². The molecule has 1 aliphatic heterocycles. The molecule has 2 rings (SSSR count). The van der Waals surface area contributed by atoms with Gasteiger partial charge in [0.15, 0.2) is 0 Å². The van der Waals surface area contributed by atoms with Crippen LogP contribution < -0.4 is 10.6 Å². The first-order chi connectivity index (χ1) is 9.49. The lowest BCUT2D eigenvalue weighted by molar-refractivity contribution is -0.114. The Morgan fingerprint density at radius 3 is 2.80 bits per heavy atom. The fraction of sp³-hybridized carbons (Fsp3) is 0.429. The van der Waals surface area contributed by atoms with Gasteiger partial charge in [-0.15, -0.1) is 0 Å². The maximum absolute atomic E-state index is 13.5. The molecule has 1 saturated heterocycles. The van der Waals surface area contributed by atoms with E-state index in [1.165, 1.54) is 25.1 Å². The Labute approximate surface area is 117 Å². The fourth-order valence-corrected chi connectivity index (χ4v) is 2.28. The molecule has 1 unspecified atom stereocenters. The van der Waals surface area contributed by atoms with Gasteiger partial charge in [-0.25, -0.2) is 4.39 Å². The zero-order chi connectivity index (χ0) is 14.7. The molecule has 1 aromatic carbocycles. The molecule has 20 heavy (non-hydrogen) atoms. The summed E-state index contributed by atoms with van der Waals surface area (Å²) in [5.41, 5.74) is 0.394. The largest absolute Gasteiger partial charge is 0.337 e. The fourth-order valence-electron chi connectivity index (χ4n) is 2.28. The highest BCUT2D eigenvalue weighted by Crippen LogP contribution is 2.18. The molecule has 1 aliphatic rings. The van der Waals surface area contributed by atoms with Gasteiger partial charge in [-0.1, -0.05) is 0 Å². The Kier molecular flexibility index (Phi) is 4.34. The minimum Gasteiger partial charge on any atom is -0.337 e. The number of halogens is 1. The molecule has 2 N–H and O–H groups in total. The van der Waals surface area contributed by atoms with Crippen LogP contribution in [0.5, 0.6) is 0 Å². The van der Waals surface area contributed by atoms with Gasteiger partial charge in [0.1, 0.15) is 5.82 Å². The van der Waals surface area contributed by atoms with Crippen LogP contribution >= 0.6 is 0 Å². The summed E-state index contributed by atoms with van der Waals surface area (Å²) < 4.78 is 13.5. The van der Waals surface area contributed by atoms with E-state index in [1.54, 1.807) is 11.9 Å². The molecule has 2 amide bonds. The molecule has 5 nitrogen and oxygen atoms in total. The Balaban J connectivity index is 2.18. The first-order valence-electron chi connectivity index (χ1n) is 6.54. The van der Waals surface area contributed by atoms with Crippen molar-refractivity contribution in [2.45, 2.75) is 19.4 Å². The molecule has 108 valence electrons. The summed E-state index contributed by atoms with van der Waals surface area (Å²) in [4.78, 5) is 25.0. The van der Waals surface area contributed by atoms with Gasteiger partial charge in [0.05, 0.1) is 5.69 Å². The summed E-state index contributed by atoms with van der Waals surface area (Å²) in [6.45, 7) is 2.95. The van der Waals surface area contributed by atoms with E-state index in [9.17, 15) is 14.0 Å². The first-order valence-corrected chi connectivity index (χ1v) is 6.54. The van der Waals surface area contributed by atoms with Crippen molar-refractivity contribution >= 4 is 17.5 Å². The van der Waals surface area contributed by atoms with E-state index in [2.05, 4.69) is 10.6 Å².